The van der Waals surface area contributed by atoms with E-state index in [4.69, 9.17) is 25.4 Å². The quantitative estimate of drug-likeness (QED) is 0.578. The zero-order valence-corrected chi connectivity index (χ0v) is 18.2. The third-order valence-corrected chi connectivity index (χ3v) is 5.49. The fourth-order valence-corrected chi connectivity index (χ4v) is 3.86. The summed E-state index contributed by atoms with van der Waals surface area (Å²) in [6.45, 7) is 0.295. The predicted molar refractivity (Wildman–Crippen MR) is 118 cm³/mol. The molecule has 2 rings (SSSR count). The largest absolute Gasteiger partial charge is 0.496 e. The van der Waals surface area contributed by atoms with E-state index < -0.39 is 9.84 Å². The van der Waals surface area contributed by atoms with Gasteiger partial charge in [0.25, 0.3) is 0 Å². The highest BCUT2D eigenvalue weighted by Gasteiger charge is 2.14. The van der Waals surface area contributed by atoms with E-state index in [1.165, 1.54) is 34.5 Å². The van der Waals surface area contributed by atoms with Crippen LogP contribution in [0.5, 0.6) is 23.0 Å². The molecule has 0 aromatic heterocycles. The highest BCUT2D eigenvalue weighted by molar-refractivity contribution is 7.93. The number of ether oxygens (including phenoxy) is 4. The van der Waals surface area contributed by atoms with Crippen LogP contribution in [-0.4, -0.2) is 43.4 Å². The molecule has 30 heavy (non-hydrogen) atoms. The van der Waals surface area contributed by atoms with Crippen LogP contribution in [0, 0.1) is 12.3 Å². The van der Waals surface area contributed by atoms with Gasteiger partial charge in [0.2, 0.25) is 0 Å². The summed E-state index contributed by atoms with van der Waals surface area (Å²) >= 11 is 0. The van der Waals surface area contributed by atoms with Crippen molar-refractivity contribution in [2.45, 2.75) is 5.75 Å². The SMILES string of the molecule is C#CCNc1cc(CS(=O)(=O)C=Cc2c(OC)cc(OC)cc2OC)ccc1OC. The lowest BCUT2D eigenvalue weighted by Gasteiger charge is -2.13. The number of anilines is 1. The monoisotopic (exact) mass is 431 g/mol. The van der Waals surface area contributed by atoms with Crippen LogP contribution >= 0.6 is 0 Å². The van der Waals surface area contributed by atoms with Gasteiger partial charge in [-0.25, -0.2) is 8.42 Å². The van der Waals surface area contributed by atoms with Crippen molar-refractivity contribution >= 4 is 21.6 Å². The Morgan fingerprint density at radius 2 is 1.60 bits per heavy atom. The van der Waals surface area contributed by atoms with Crippen LogP contribution in [0.4, 0.5) is 5.69 Å². The maximum absolute atomic E-state index is 12.7. The molecule has 0 aliphatic heterocycles. The van der Waals surface area contributed by atoms with Crippen LogP contribution in [0.3, 0.4) is 0 Å². The first kappa shape index (κ1) is 23.0. The fraction of sp³-hybridized carbons (Fsp3) is 0.273. The third kappa shape index (κ3) is 5.84. The van der Waals surface area contributed by atoms with E-state index in [0.717, 1.165) is 5.41 Å². The Kier molecular flexibility index (Phi) is 8.01. The summed E-state index contributed by atoms with van der Waals surface area (Å²) < 4.78 is 46.6. The van der Waals surface area contributed by atoms with Crippen molar-refractivity contribution < 1.29 is 27.4 Å². The number of hydrogen-bond acceptors (Lipinski definition) is 7. The van der Waals surface area contributed by atoms with Gasteiger partial charge in [-0.15, -0.1) is 6.42 Å². The Balaban J connectivity index is 2.32. The molecule has 1 N–H and O–H groups in total. The van der Waals surface area contributed by atoms with Gasteiger partial charge in [0.05, 0.1) is 52.0 Å². The standard InChI is InChI=1S/C22H25NO6S/c1-6-10-23-19-12-16(7-8-20(19)27-3)15-30(24,25)11-9-18-21(28-4)13-17(26-2)14-22(18)29-5/h1,7-9,11-14,23H,10,15H2,2-5H3. The van der Waals surface area contributed by atoms with Gasteiger partial charge >= 0.3 is 0 Å². The molecule has 0 radical (unpaired) electrons. The number of nitrogens with one attached hydrogen (secondary N) is 1. The second-order valence-corrected chi connectivity index (χ2v) is 8.03. The molecular weight excluding hydrogens is 406 g/mol. The Morgan fingerprint density at radius 3 is 2.13 bits per heavy atom. The molecule has 2 aromatic rings. The summed E-state index contributed by atoms with van der Waals surface area (Å²) in [7, 11) is 2.45. The maximum Gasteiger partial charge on any atom is 0.175 e. The Bertz CT molecular complexity index is 1030. The van der Waals surface area contributed by atoms with Crippen LogP contribution < -0.4 is 24.3 Å². The molecule has 0 aliphatic rings. The summed E-state index contributed by atoms with van der Waals surface area (Å²) in [5, 5.41) is 4.16. The van der Waals surface area contributed by atoms with Gasteiger partial charge in [0.15, 0.2) is 9.84 Å². The first-order valence-corrected chi connectivity index (χ1v) is 10.6. The molecule has 0 bridgehead atoms. The average molecular weight is 432 g/mol. The molecular formula is C22H25NO6S. The molecule has 8 heteroatoms. The Morgan fingerprint density at radius 1 is 0.967 bits per heavy atom. The number of terminal acetylenes is 1. The first-order chi connectivity index (χ1) is 14.4. The van der Waals surface area contributed by atoms with E-state index in [9.17, 15) is 8.42 Å². The van der Waals surface area contributed by atoms with Gasteiger partial charge in [-0.2, -0.15) is 0 Å². The van der Waals surface area contributed by atoms with E-state index in [0.29, 0.717) is 46.4 Å². The smallest absolute Gasteiger partial charge is 0.175 e. The number of sulfone groups is 1. The normalized spacial score (nSPS) is 11.0. The first-order valence-electron chi connectivity index (χ1n) is 8.92. The minimum absolute atomic E-state index is 0.195. The molecule has 0 saturated carbocycles. The van der Waals surface area contributed by atoms with Gasteiger partial charge in [0.1, 0.15) is 23.0 Å². The highest BCUT2D eigenvalue weighted by atomic mass is 32.2. The zero-order valence-electron chi connectivity index (χ0n) is 17.4. The lowest BCUT2D eigenvalue weighted by atomic mass is 10.1. The van der Waals surface area contributed by atoms with Crippen LogP contribution in [0.2, 0.25) is 0 Å². The second-order valence-electron chi connectivity index (χ2n) is 6.15. The minimum atomic E-state index is -3.59. The molecule has 2 aromatic carbocycles. The second kappa shape index (κ2) is 10.5. The van der Waals surface area contributed by atoms with Crippen molar-refractivity contribution in [2.75, 3.05) is 40.3 Å². The fourth-order valence-electron chi connectivity index (χ4n) is 2.78. The van der Waals surface area contributed by atoms with Crippen molar-refractivity contribution in [1.29, 1.82) is 0 Å². The van der Waals surface area contributed by atoms with Gasteiger partial charge < -0.3 is 24.3 Å². The number of methoxy groups -OCH3 is 4. The topological polar surface area (TPSA) is 83.1 Å². The van der Waals surface area contributed by atoms with Crippen LogP contribution in [0.1, 0.15) is 11.1 Å². The molecule has 7 nitrogen and oxygen atoms in total. The van der Waals surface area contributed by atoms with Crippen LogP contribution in [-0.2, 0) is 15.6 Å². The van der Waals surface area contributed by atoms with Crippen LogP contribution in [0.15, 0.2) is 35.7 Å². The highest BCUT2D eigenvalue weighted by Crippen LogP contribution is 2.35. The molecule has 0 aliphatic carbocycles. The lowest BCUT2D eigenvalue weighted by Crippen LogP contribution is -2.04. The van der Waals surface area contributed by atoms with Crippen molar-refractivity contribution in [3.05, 3.63) is 46.9 Å². The molecule has 0 amide bonds. The van der Waals surface area contributed by atoms with Crippen molar-refractivity contribution in [3.63, 3.8) is 0 Å². The summed E-state index contributed by atoms with van der Waals surface area (Å²) in [4.78, 5) is 0. The Labute approximate surface area is 177 Å². The van der Waals surface area contributed by atoms with E-state index in [2.05, 4.69) is 11.2 Å². The Hall–Kier alpha value is -3.31. The van der Waals surface area contributed by atoms with Crippen molar-refractivity contribution in [3.8, 4) is 35.3 Å². The third-order valence-electron chi connectivity index (χ3n) is 4.21. The zero-order chi connectivity index (χ0) is 22.1. The van der Waals surface area contributed by atoms with Gasteiger partial charge in [-0.05, 0) is 23.8 Å². The molecule has 0 spiro atoms. The minimum Gasteiger partial charge on any atom is -0.496 e. The molecule has 0 heterocycles. The molecule has 160 valence electrons. The average Bonchev–Trinajstić information content (AvgIpc) is 2.75. The van der Waals surface area contributed by atoms with Crippen molar-refractivity contribution in [1.82, 2.24) is 0 Å². The molecule has 0 atom stereocenters. The van der Waals surface area contributed by atoms with E-state index >= 15 is 0 Å². The molecule has 0 fully saturated rings. The summed E-state index contributed by atoms with van der Waals surface area (Å²) in [6, 6.07) is 8.41. The number of benzene rings is 2. The van der Waals surface area contributed by atoms with Crippen LogP contribution in [0.25, 0.3) is 6.08 Å². The van der Waals surface area contributed by atoms with Gasteiger partial charge in [0, 0.05) is 17.5 Å². The van der Waals surface area contributed by atoms with Gasteiger partial charge in [-0.1, -0.05) is 12.0 Å². The summed E-state index contributed by atoms with van der Waals surface area (Å²) in [5.41, 5.74) is 1.72. The number of hydrogen-bond donors (Lipinski definition) is 1. The summed E-state index contributed by atoms with van der Waals surface area (Å²) in [6.07, 6.45) is 6.73. The molecule has 0 saturated heterocycles. The van der Waals surface area contributed by atoms with Gasteiger partial charge in [-0.3, -0.25) is 0 Å². The lowest BCUT2D eigenvalue weighted by molar-refractivity contribution is 0.374. The van der Waals surface area contributed by atoms with E-state index in [1.54, 1.807) is 30.3 Å². The van der Waals surface area contributed by atoms with E-state index in [1.807, 2.05) is 0 Å². The predicted octanol–water partition coefficient (Wildman–Crippen LogP) is 3.35. The summed E-state index contributed by atoms with van der Waals surface area (Å²) in [5.74, 6) is 4.26. The van der Waals surface area contributed by atoms with E-state index in [-0.39, 0.29) is 5.75 Å². The number of rotatable bonds is 10. The van der Waals surface area contributed by atoms with Crippen molar-refractivity contribution in [2.24, 2.45) is 0 Å². The molecule has 0 unspecified atom stereocenters. The maximum atomic E-state index is 12.7.